The van der Waals surface area contributed by atoms with Crippen LogP contribution < -0.4 is 10.7 Å². The van der Waals surface area contributed by atoms with Gasteiger partial charge in [0.25, 0.3) is 5.89 Å². The van der Waals surface area contributed by atoms with Gasteiger partial charge in [-0.05, 0) is 56.5 Å². The zero-order valence-corrected chi connectivity index (χ0v) is 21.0. The van der Waals surface area contributed by atoms with Gasteiger partial charge in [-0.15, -0.1) is 0 Å². The van der Waals surface area contributed by atoms with Crippen LogP contribution in [-0.4, -0.2) is 31.6 Å². The first-order valence-corrected chi connectivity index (χ1v) is 12.3. The monoisotopic (exact) mass is 511 g/mol. The molecule has 1 atom stereocenters. The number of pyridine rings is 2. The Morgan fingerprint density at radius 1 is 1.08 bits per heavy atom. The molecule has 5 rings (SSSR count). The van der Waals surface area contributed by atoms with E-state index < -0.39 is 5.82 Å². The van der Waals surface area contributed by atoms with Gasteiger partial charge in [0.05, 0.1) is 5.39 Å². The number of aryl methyl sites for hydroxylation is 2. The summed E-state index contributed by atoms with van der Waals surface area (Å²) >= 11 is 0. The molecule has 0 saturated heterocycles. The van der Waals surface area contributed by atoms with Crippen molar-refractivity contribution in [3.63, 3.8) is 0 Å². The van der Waals surface area contributed by atoms with E-state index >= 15 is 0 Å². The van der Waals surface area contributed by atoms with Gasteiger partial charge in [-0.25, -0.2) is 9.37 Å². The third kappa shape index (κ3) is 5.51. The van der Waals surface area contributed by atoms with Crippen LogP contribution in [-0.2, 0) is 17.8 Å². The van der Waals surface area contributed by atoms with Gasteiger partial charge < -0.3 is 14.4 Å². The fourth-order valence-corrected chi connectivity index (χ4v) is 4.29. The highest BCUT2D eigenvalue weighted by Gasteiger charge is 2.20. The lowest BCUT2D eigenvalue weighted by Gasteiger charge is -2.16. The molecule has 0 aliphatic rings. The number of carbonyl (C=O) groups excluding carboxylic acids is 1. The lowest BCUT2D eigenvalue weighted by atomic mass is 10.1. The average Bonchev–Trinajstić information content (AvgIpc) is 3.40. The van der Waals surface area contributed by atoms with Crippen LogP contribution in [0.4, 0.5) is 4.39 Å². The zero-order valence-electron chi connectivity index (χ0n) is 21.0. The largest absolute Gasteiger partial charge is 0.352 e. The highest BCUT2D eigenvalue weighted by atomic mass is 19.1. The lowest BCUT2D eigenvalue weighted by Crippen LogP contribution is -2.35. The third-order valence-electron chi connectivity index (χ3n) is 6.23. The Labute approximate surface area is 218 Å². The second-order valence-electron chi connectivity index (χ2n) is 9.25. The van der Waals surface area contributed by atoms with Crippen LogP contribution in [0.3, 0.4) is 0 Å². The molecule has 1 amide bonds. The average molecular weight is 512 g/mol. The van der Waals surface area contributed by atoms with E-state index in [4.69, 9.17) is 4.52 Å². The summed E-state index contributed by atoms with van der Waals surface area (Å²) in [6.45, 7) is 3.72. The topological polar surface area (TPSA) is 103 Å². The minimum atomic E-state index is -0.438. The van der Waals surface area contributed by atoms with Gasteiger partial charge >= 0.3 is 0 Å². The molecule has 1 N–H and O–H groups in total. The molecule has 0 radical (unpaired) electrons. The highest BCUT2D eigenvalue weighted by Crippen LogP contribution is 2.23. The van der Waals surface area contributed by atoms with Gasteiger partial charge in [0, 0.05) is 23.5 Å². The summed E-state index contributed by atoms with van der Waals surface area (Å²) in [5.74, 6) is -0.525. The minimum absolute atomic E-state index is 0.0258. The van der Waals surface area contributed by atoms with E-state index in [1.165, 1.54) is 30.0 Å². The molecule has 9 heteroatoms. The zero-order chi connectivity index (χ0) is 26.6. The number of hydrogen-bond donors (Lipinski definition) is 1. The van der Waals surface area contributed by atoms with Crippen molar-refractivity contribution in [3.05, 3.63) is 100 Å². The number of fused-ring (bicyclic) bond motifs is 1. The Morgan fingerprint density at radius 2 is 1.89 bits per heavy atom. The lowest BCUT2D eigenvalue weighted by molar-refractivity contribution is -0.122. The molecule has 8 nitrogen and oxygen atoms in total. The van der Waals surface area contributed by atoms with Crippen LogP contribution in [0.15, 0.2) is 82.2 Å². The molecule has 0 unspecified atom stereocenters. The van der Waals surface area contributed by atoms with Gasteiger partial charge in [-0.2, -0.15) is 4.98 Å². The van der Waals surface area contributed by atoms with E-state index in [2.05, 4.69) is 32.6 Å². The van der Waals surface area contributed by atoms with E-state index in [-0.39, 0.29) is 41.2 Å². The Hall–Kier alpha value is -4.66. The second-order valence-corrected chi connectivity index (χ2v) is 9.25. The number of aromatic nitrogens is 4. The highest BCUT2D eigenvalue weighted by molar-refractivity contribution is 5.83. The van der Waals surface area contributed by atoms with Crippen LogP contribution in [0.1, 0.15) is 24.6 Å². The summed E-state index contributed by atoms with van der Waals surface area (Å²) in [5.41, 5.74) is 2.50. The van der Waals surface area contributed by atoms with Crippen LogP contribution in [0.25, 0.3) is 33.9 Å². The Morgan fingerprint density at radius 3 is 2.68 bits per heavy atom. The molecule has 192 valence electrons. The Balaban J connectivity index is 1.42. The number of nitrogens with one attached hydrogen (secondary N) is 1. The van der Waals surface area contributed by atoms with Gasteiger partial charge in [-0.1, -0.05) is 47.6 Å². The van der Waals surface area contributed by atoms with Gasteiger partial charge in [0.2, 0.25) is 17.2 Å². The second kappa shape index (κ2) is 10.8. The number of amides is 1. The molecule has 3 aromatic heterocycles. The third-order valence-corrected chi connectivity index (χ3v) is 6.23. The number of hydrogen-bond acceptors (Lipinski definition) is 6. The van der Waals surface area contributed by atoms with Crippen LogP contribution in [0, 0.1) is 12.7 Å². The summed E-state index contributed by atoms with van der Waals surface area (Å²) in [7, 11) is 0. The van der Waals surface area contributed by atoms with Crippen LogP contribution in [0.2, 0.25) is 0 Å². The summed E-state index contributed by atoms with van der Waals surface area (Å²) in [4.78, 5) is 35.2. The molecule has 0 aliphatic heterocycles. The maximum atomic E-state index is 13.7. The van der Waals surface area contributed by atoms with Crippen molar-refractivity contribution in [1.29, 1.82) is 0 Å². The van der Waals surface area contributed by atoms with Crippen molar-refractivity contribution in [2.75, 3.05) is 0 Å². The van der Waals surface area contributed by atoms with E-state index in [9.17, 15) is 14.0 Å². The van der Waals surface area contributed by atoms with E-state index in [1.54, 1.807) is 22.8 Å². The summed E-state index contributed by atoms with van der Waals surface area (Å²) < 4.78 is 20.7. The quantitative estimate of drug-likeness (QED) is 0.324. The first-order valence-electron chi connectivity index (χ1n) is 12.3. The van der Waals surface area contributed by atoms with Crippen molar-refractivity contribution >= 4 is 16.9 Å². The minimum Gasteiger partial charge on any atom is -0.352 e. The smallest absolute Gasteiger partial charge is 0.263 e. The number of rotatable bonds is 8. The van der Waals surface area contributed by atoms with Gasteiger partial charge in [0.15, 0.2) is 0 Å². The standard InChI is InChI=1S/C29H26FN5O3/c1-18(11-13-20-7-4-3-5-8-20)31-25(36)17-35-16-24(26(37)23-14-12-19(2)32-28(23)35)29-33-27(34-38-29)21-9-6-10-22(30)15-21/h3-10,12,14-16,18H,11,13,17H2,1-2H3,(H,31,36)/t18-/m1/s1. The van der Waals surface area contributed by atoms with Crippen molar-refractivity contribution in [3.8, 4) is 22.8 Å². The van der Waals surface area contributed by atoms with Gasteiger partial charge in [-0.3, -0.25) is 9.59 Å². The molecule has 0 saturated carbocycles. The molecule has 2 aromatic carbocycles. The first kappa shape index (κ1) is 25.0. The number of benzene rings is 2. The first-order chi connectivity index (χ1) is 18.4. The molecule has 5 aromatic rings. The predicted molar refractivity (Wildman–Crippen MR) is 142 cm³/mol. The predicted octanol–water partition coefficient (Wildman–Crippen LogP) is 4.70. The summed E-state index contributed by atoms with van der Waals surface area (Å²) in [6.07, 6.45) is 3.14. The van der Waals surface area contributed by atoms with Crippen LogP contribution >= 0.6 is 0 Å². The Kier molecular flexibility index (Phi) is 7.08. The summed E-state index contributed by atoms with van der Waals surface area (Å²) in [6, 6.07) is 19.2. The number of carbonyl (C=O) groups is 1. The molecular formula is C29H26FN5O3. The maximum Gasteiger partial charge on any atom is 0.263 e. The van der Waals surface area contributed by atoms with Crippen molar-refractivity contribution in [2.24, 2.45) is 0 Å². The van der Waals surface area contributed by atoms with E-state index in [0.29, 0.717) is 22.3 Å². The van der Waals surface area contributed by atoms with Crippen molar-refractivity contribution in [2.45, 2.75) is 39.3 Å². The number of nitrogens with zero attached hydrogens (tertiary/aromatic N) is 4. The molecule has 0 aliphatic carbocycles. The number of halogens is 1. The van der Waals surface area contributed by atoms with Gasteiger partial charge in [0.1, 0.15) is 23.6 Å². The molecular weight excluding hydrogens is 485 g/mol. The van der Waals surface area contributed by atoms with Crippen molar-refractivity contribution in [1.82, 2.24) is 25.0 Å². The maximum absolute atomic E-state index is 13.7. The molecule has 3 heterocycles. The van der Waals surface area contributed by atoms with E-state index in [1.807, 2.05) is 32.0 Å². The molecule has 0 fully saturated rings. The molecule has 0 spiro atoms. The normalized spacial score (nSPS) is 12.0. The van der Waals surface area contributed by atoms with Crippen LogP contribution in [0.5, 0.6) is 0 Å². The fraction of sp³-hybridized carbons (Fsp3) is 0.207. The fourth-order valence-electron chi connectivity index (χ4n) is 4.29. The Bertz CT molecular complexity index is 1660. The molecule has 38 heavy (non-hydrogen) atoms. The van der Waals surface area contributed by atoms with Crippen molar-refractivity contribution < 1.29 is 13.7 Å². The summed E-state index contributed by atoms with van der Waals surface area (Å²) in [5, 5.41) is 7.27. The van der Waals surface area contributed by atoms with E-state index in [0.717, 1.165) is 12.8 Å². The molecule has 0 bridgehead atoms. The SMILES string of the molecule is Cc1ccc2c(=O)c(-c3nc(-c4cccc(F)c4)no3)cn(CC(=O)N[C@H](C)CCc3ccccc3)c2n1.